The molecule has 6 rings (SSSR count). The summed E-state index contributed by atoms with van der Waals surface area (Å²) in [4.78, 5) is 0. The van der Waals surface area contributed by atoms with E-state index < -0.39 is 8.07 Å². The van der Waals surface area contributed by atoms with Crippen LogP contribution < -0.4 is 37.1 Å². The summed E-state index contributed by atoms with van der Waals surface area (Å²) in [6.07, 6.45) is 0. The van der Waals surface area contributed by atoms with E-state index in [0.717, 1.165) is 5.02 Å². The fourth-order valence-corrected chi connectivity index (χ4v) is 12.9. The van der Waals surface area contributed by atoms with Crippen molar-refractivity contribution in [1.29, 1.82) is 0 Å². The lowest BCUT2D eigenvalue weighted by Crippen LogP contribution is -2.86. The lowest BCUT2D eigenvalue weighted by atomic mass is 9.34. The molecule has 0 radical (unpaired) electrons. The van der Waals surface area contributed by atoms with E-state index in [9.17, 15) is 0 Å². The van der Waals surface area contributed by atoms with Crippen molar-refractivity contribution in [2.24, 2.45) is 0 Å². The van der Waals surface area contributed by atoms with E-state index in [1.54, 1.807) is 0 Å². The van der Waals surface area contributed by atoms with E-state index in [0.29, 0.717) is 17.8 Å². The Balaban J connectivity index is 1.80. The molecule has 5 aromatic rings. The summed E-state index contributed by atoms with van der Waals surface area (Å²) in [6, 6.07) is 43.5. The van der Waals surface area contributed by atoms with Gasteiger partial charge in [-0.1, -0.05) is 173 Å². The lowest BCUT2D eigenvalue weighted by Gasteiger charge is -2.43. The highest BCUT2D eigenvalue weighted by Gasteiger charge is 2.50. The van der Waals surface area contributed by atoms with Gasteiger partial charge in [-0.2, -0.15) is 0 Å². The lowest BCUT2D eigenvalue weighted by molar-refractivity contribution is 0.812. The van der Waals surface area contributed by atoms with Gasteiger partial charge in [0.1, 0.15) is 0 Å². The molecule has 1 heterocycles. The third-order valence-electron chi connectivity index (χ3n) is 9.29. The molecular weight excluding hydrogens is 543 g/mol. The Labute approximate surface area is 258 Å². The van der Waals surface area contributed by atoms with Crippen LogP contribution in [0.25, 0.3) is 0 Å². The Morgan fingerprint density at radius 1 is 0.524 bits per heavy atom. The van der Waals surface area contributed by atoms with Gasteiger partial charge in [0.05, 0.1) is 0 Å². The minimum Gasteiger partial charge on any atom is -0.0843 e. The van der Waals surface area contributed by atoms with E-state index in [4.69, 9.17) is 11.6 Å². The van der Waals surface area contributed by atoms with E-state index in [1.807, 2.05) is 0 Å². The van der Waals surface area contributed by atoms with Gasteiger partial charge in [-0.15, -0.1) is 0 Å². The number of hydrogen-bond donors (Lipinski definition) is 0. The average molecular weight is 583 g/mol. The smallest absolute Gasteiger partial charge is 0.0843 e. The Kier molecular flexibility index (Phi) is 7.81. The topological polar surface area (TPSA) is 0 Å². The van der Waals surface area contributed by atoms with Gasteiger partial charge in [0.25, 0.3) is 0 Å². The van der Waals surface area contributed by atoms with Gasteiger partial charge >= 0.3 is 0 Å². The second kappa shape index (κ2) is 11.4. The van der Waals surface area contributed by atoms with Gasteiger partial charge < -0.3 is 0 Å². The summed E-state index contributed by atoms with van der Waals surface area (Å²) in [5, 5.41) is 6.48. The molecule has 0 aromatic heterocycles. The van der Waals surface area contributed by atoms with Crippen LogP contribution in [0, 0.1) is 0 Å². The largest absolute Gasteiger partial charge is 0.241 e. The third-order valence-corrected chi connectivity index (χ3v) is 14.4. The van der Waals surface area contributed by atoms with Crippen molar-refractivity contribution < 1.29 is 0 Å². The number of fused-ring (bicyclic) bond motifs is 2. The van der Waals surface area contributed by atoms with Crippen LogP contribution in [0.4, 0.5) is 0 Å². The Bertz CT molecular complexity index is 1650. The van der Waals surface area contributed by atoms with Crippen molar-refractivity contribution >= 4 is 63.5 Å². The van der Waals surface area contributed by atoms with Crippen LogP contribution in [0.15, 0.2) is 115 Å². The molecule has 5 aromatic carbocycles. The highest BCUT2D eigenvalue weighted by Crippen LogP contribution is 2.27. The number of rotatable bonds is 6. The molecular formula is C39H40BClSi. The molecule has 210 valence electrons. The normalized spacial score (nSPS) is 13.9. The van der Waals surface area contributed by atoms with Gasteiger partial charge in [0.2, 0.25) is 6.71 Å². The summed E-state index contributed by atoms with van der Waals surface area (Å²) in [5.41, 5.74) is 8.71. The molecule has 42 heavy (non-hydrogen) atoms. The highest BCUT2D eigenvalue weighted by atomic mass is 35.5. The average Bonchev–Trinajstić information content (AvgIpc) is 3.00. The van der Waals surface area contributed by atoms with Crippen LogP contribution in [-0.4, -0.2) is 14.8 Å². The molecule has 0 nitrogen and oxygen atoms in total. The van der Waals surface area contributed by atoms with Gasteiger partial charge in [-0.25, -0.2) is 0 Å². The molecule has 0 amide bonds. The zero-order valence-corrected chi connectivity index (χ0v) is 27.4. The van der Waals surface area contributed by atoms with Gasteiger partial charge in [-0.05, 0) is 67.3 Å². The van der Waals surface area contributed by atoms with Crippen LogP contribution in [0.3, 0.4) is 0 Å². The third kappa shape index (κ3) is 4.60. The molecule has 0 aliphatic carbocycles. The summed E-state index contributed by atoms with van der Waals surface area (Å²) in [7, 11) is -2.68. The maximum Gasteiger partial charge on any atom is 0.241 e. The summed E-state index contributed by atoms with van der Waals surface area (Å²) in [5.74, 6) is 1.30. The maximum atomic E-state index is 6.94. The molecule has 0 fully saturated rings. The first-order valence-electron chi connectivity index (χ1n) is 15.4. The first-order valence-corrected chi connectivity index (χ1v) is 17.8. The van der Waals surface area contributed by atoms with Crippen LogP contribution in [0.2, 0.25) is 5.02 Å². The van der Waals surface area contributed by atoms with Crippen molar-refractivity contribution in [2.45, 2.75) is 59.3 Å². The van der Waals surface area contributed by atoms with Crippen molar-refractivity contribution in [3.8, 4) is 0 Å². The second-order valence-electron chi connectivity index (χ2n) is 12.8. The van der Waals surface area contributed by atoms with Gasteiger partial charge in [0.15, 0.2) is 8.07 Å². The zero-order valence-electron chi connectivity index (χ0n) is 25.7. The number of benzene rings is 5. The van der Waals surface area contributed by atoms with Crippen LogP contribution in [0.1, 0.15) is 76.0 Å². The predicted octanol–water partition coefficient (Wildman–Crippen LogP) is 5.92. The van der Waals surface area contributed by atoms with Crippen molar-refractivity contribution in [2.75, 3.05) is 0 Å². The minimum atomic E-state index is -2.68. The zero-order chi connectivity index (χ0) is 29.6. The maximum absolute atomic E-state index is 6.94. The highest BCUT2D eigenvalue weighted by molar-refractivity contribution is 7.26. The SMILES string of the molecule is CC(C)c1cc(C(C)C)c(B2c3ccccc3[Si](c3ccccc3)(c3ccccc3)c3cc(Cl)ccc32)c(C(C)C)c1. The molecule has 0 bridgehead atoms. The predicted molar refractivity (Wildman–Crippen MR) is 188 cm³/mol. The molecule has 0 saturated heterocycles. The minimum absolute atomic E-state index is 0.137. The van der Waals surface area contributed by atoms with E-state index in [-0.39, 0.29) is 6.71 Å². The van der Waals surface area contributed by atoms with Crippen molar-refractivity contribution in [3.05, 3.63) is 137 Å². The molecule has 0 saturated carbocycles. The molecule has 1 aliphatic rings. The van der Waals surface area contributed by atoms with Gasteiger partial charge in [-0.3, -0.25) is 0 Å². The molecule has 0 spiro atoms. The fraction of sp³-hybridized carbons (Fsp3) is 0.231. The Hall–Kier alpha value is -3.33. The van der Waals surface area contributed by atoms with E-state index >= 15 is 0 Å². The summed E-state index contributed by atoms with van der Waals surface area (Å²) in [6.45, 7) is 14.2. The molecule has 3 heteroatoms. The standard InChI is InChI=1S/C39H40BClSi/c1-26(2)29-23-33(27(3)4)39(34(24-29)28(5)6)40-35-19-13-14-20-37(35)42(31-15-9-7-10-16-31,32-17-11-8-12-18-32)38-25-30(41)21-22-36(38)40/h7-28H,1-6H3. The summed E-state index contributed by atoms with van der Waals surface area (Å²) < 4.78 is 0. The first kappa shape index (κ1) is 28.8. The molecule has 0 unspecified atom stereocenters. The number of hydrogen-bond acceptors (Lipinski definition) is 0. The van der Waals surface area contributed by atoms with E-state index in [2.05, 4.69) is 157 Å². The van der Waals surface area contributed by atoms with Crippen molar-refractivity contribution in [1.82, 2.24) is 0 Å². The fourth-order valence-electron chi connectivity index (χ4n) is 7.33. The van der Waals surface area contributed by atoms with Gasteiger partial charge in [0, 0.05) is 5.02 Å². The van der Waals surface area contributed by atoms with Crippen LogP contribution in [-0.2, 0) is 0 Å². The summed E-state index contributed by atoms with van der Waals surface area (Å²) >= 11 is 6.94. The second-order valence-corrected chi connectivity index (χ2v) is 17.0. The van der Waals surface area contributed by atoms with E-state index in [1.165, 1.54) is 53.8 Å². The Morgan fingerprint density at radius 2 is 1.02 bits per heavy atom. The number of halogens is 1. The molecule has 1 aliphatic heterocycles. The molecule has 0 atom stereocenters. The van der Waals surface area contributed by atoms with Crippen LogP contribution in [0.5, 0.6) is 0 Å². The quantitative estimate of drug-likeness (QED) is 0.214. The molecule has 0 N–H and O–H groups in total. The van der Waals surface area contributed by atoms with Crippen LogP contribution >= 0.6 is 11.6 Å². The van der Waals surface area contributed by atoms with Crippen molar-refractivity contribution in [3.63, 3.8) is 0 Å². The monoisotopic (exact) mass is 582 g/mol. The first-order chi connectivity index (χ1) is 20.2. The Morgan fingerprint density at radius 3 is 1.55 bits per heavy atom.